The number of benzene rings is 2. The van der Waals surface area contributed by atoms with Gasteiger partial charge in [-0.2, -0.15) is 0 Å². The summed E-state index contributed by atoms with van der Waals surface area (Å²) < 4.78 is 8.23. The van der Waals surface area contributed by atoms with Gasteiger partial charge in [0.15, 0.2) is 0 Å². The molecular weight excluding hydrogens is 497 g/mol. The molecule has 4 aromatic rings. The van der Waals surface area contributed by atoms with Crippen molar-refractivity contribution in [2.45, 2.75) is 44.6 Å². The SMILES string of the molecule is Cn1c(Nc2c(Cl)cncc2Cl)nc2cc(C(=O)Nc3ccc(C4CC4)cc3)c3c(c21)CC(C)(C)O3. The van der Waals surface area contributed by atoms with E-state index in [2.05, 4.69) is 27.8 Å². The summed E-state index contributed by atoms with van der Waals surface area (Å²) in [6, 6.07) is 9.88. The third-order valence-corrected chi connectivity index (χ3v) is 7.31. The monoisotopic (exact) mass is 521 g/mol. The van der Waals surface area contributed by atoms with Crippen LogP contribution in [-0.4, -0.2) is 26.0 Å². The number of hydrogen-bond acceptors (Lipinski definition) is 5. The van der Waals surface area contributed by atoms with Crippen LogP contribution in [0.4, 0.5) is 17.3 Å². The predicted octanol–water partition coefficient (Wildman–Crippen LogP) is 6.86. The third kappa shape index (κ3) is 4.06. The average molecular weight is 522 g/mol. The van der Waals surface area contributed by atoms with Gasteiger partial charge in [0.1, 0.15) is 11.4 Å². The van der Waals surface area contributed by atoms with Gasteiger partial charge in [0.05, 0.1) is 32.3 Å². The van der Waals surface area contributed by atoms with Crippen LogP contribution in [0.5, 0.6) is 5.75 Å². The zero-order chi connectivity index (χ0) is 25.2. The van der Waals surface area contributed by atoms with Crippen LogP contribution in [0.2, 0.25) is 10.0 Å². The normalized spacial score (nSPS) is 16.0. The molecular formula is C27H25Cl2N5O2. The molecule has 6 rings (SSSR count). The number of ether oxygens (including phenoxy) is 1. The summed E-state index contributed by atoms with van der Waals surface area (Å²) in [6.07, 6.45) is 6.17. The Morgan fingerprint density at radius 3 is 2.50 bits per heavy atom. The second-order valence-corrected chi connectivity index (χ2v) is 10.9. The molecule has 1 fully saturated rings. The molecule has 0 bridgehead atoms. The van der Waals surface area contributed by atoms with Crippen LogP contribution >= 0.6 is 23.2 Å². The largest absolute Gasteiger partial charge is 0.486 e. The third-order valence-electron chi connectivity index (χ3n) is 6.74. The van der Waals surface area contributed by atoms with E-state index in [0.29, 0.717) is 50.8 Å². The first-order chi connectivity index (χ1) is 17.2. The molecule has 3 heterocycles. The molecule has 36 heavy (non-hydrogen) atoms. The molecule has 0 radical (unpaired) electrons. The predicted molar refractivity (Wildman–Crippen MR) is 143 cm³/mol. The smallest absolute Gasteiger partial charge is 0.259 e. The first-order valence-electron chi connectivity index (χ1n) is 11.9. The van der Waals surface area contributed by atoms with Gasteiger partial charge >= 0.3 is 0 Å². The van der Waals surface area contributed by atoms with Gasteiger partial charge in [-0.3, -0.25) is 9.78 Å². The molecule has 0 atom stereocenters. The highest BCUT2D eigenvalue weighted by atomic mass is 35.5. The molecule has 7 nitrogen and oxygen atoms in total. The summed E-state index contributed by atoms with van der Waals surface area (Å²) in [4.78, 5) is 22.2. The zero-order valence-corrected chi connectivity index (χ0v) is 21.7. The van der Waals surface area contributed by atoms with E-state index in [1.54, 1.807) is 6.07 Å². The van der Waals surface area contributed by atoms with Crippen molar-refractivity contribution >= 4 is 57.5 Å². The van der Waals surface area contributed by atoms with E-state index in [9.17, 15) is 4.79 Å². The van der Waals surface area contributed by atoms with Gasteiger partial charge in [-0.05, 0) is 56.4 Å². The number of carbonyl (C=O) groups is 1. The summed E-state index contributed by atoms with van der Waals surface area (Å²) in [5.41, 5.74) is 5.12. The molecule has 1 aliphatic heterocycles. The Labute approximate surface area is 218 Å². The Kier molecular flexibility index (Phi) is 5.39. The van der Waals surface area contributed by atoms with Crippen LogP contribution in [-0.2, 0) is 13.5 Å². The summed E-state index contributed by atoms with van der Waals surface area (Å²) in [5.74, 6) is 1.57. The van der Waals surface area contributed by atoms with Crippen molar-refractivity contribution in [3.63, 3.8) is 0 Å². The molecule has 184 valence electrons. The van der Waals surface area contributed by atoms with Crippen LogP contribution in [0, 0.1) is 0 Å². The van der Waals surface area contributed by atoms with Crippen molar-refractivity contribution in [3.8, 4) is 5.75 Å². The second kappa shape index (κ2) is 8.39. The molecule has 1 amide bonds. The maximum absolute atomic E-state index is 13.4. The van der Waals surface area contributed by atoms with Gasteiger partial charge in [-0.1, -0.05) is 35.3 Å². The molecule has 2 N–H and O–H groups in total. The number of nitrogens with zero attached hydrogens (tertiary/aromatic N) is 3. The molecule has 2 aromatic carbocycles. The van der Waals surface area contributed by atoms with Crippen LogP contribution in [0.25, 0.3) is 11.0 Å². The van der Waals surface area contributed by atoms with E-state index < -0.39 is 5.60 Å². The Morgan fingerprint density at radius 1 is 1.14 bits per heavy atom. The summed E-state index contributed by atoms with van der Waals surface area (Å²) in [7, 11) is 1.91. The number of anilines is 3. The maximum atomic E-state index is 13.4. The van der Waals surface area contributed by atoms with Crippen molar-refractivity contribution in [2.24, 2.45) is 7.05 Å². The summed E-state index contributed by atoms with van der Waals surface area (Å²) in [6.45, 7) is 4.03. The van der Waals surface area contributed by atoms with Gasteiger partial charge in [-0.15, -0.1) is 0 Å². The van der Waals surface area contributed by atoms with Crippen molar-refractivity contribution in [3.05, 3.63) is 69.5 Å². The van der Waals surface area contributed by atoms with Crippen molar-refractivity contribution in [2.75, 3.05) is 10.6 Å². The highest BCUT2D eigenvalue weighted by Gasteiger charge is 2.37. The molecule has 1 saturated carbocycles. The van der Waals surface area contributed by atoms with Crippen molar-refractivity contribution in [1.29, 1.82) is 0 Å². The van der Waals surface area contributed by atoms with Gasteiger partial charge in [0, 0.05) is 37.1 Å². The van der Waals surface area contributed by atoms with E-state index in [1.807, 2.05) is 37.6 Å². The number of nitrogens with one attached hydrogen (secondary N) is 2. The van der Waals surface area contributed by atoms with Crippen LogP contribution in [0.1, 0.15) is 54.1 Å². The minimum absolute atomic E-state index is 0.231. The maximum Gasteiger partial charge on any atom is 0.259 e. The van der Waals surface area contributed by atoms with Gasteiger partial charge in [0.2, 0.25) is 5.95 Å². The number of imidazole rings is 1. The van der Waals surface area contributed by atoms with E-state index in [4.69, 9.17) is 32.9 Å². The number of amides is 1. The molecule has 9 heteroatoms. The topological polar surface area (TPSA) is 81.1 Å². The molecule has 1 aliphatic carbocycles. The zero-order valence-electron chi connectivity index (χ0n) is 20.2. The number of rotatable bonds is 5. The van der Waals surface area contributed by atoms with Crippen LogP contribution in [0.3, 0.4) is 0 Å². The molecule has 2 aromatic heterocycles. The lowest BCUT2D eigenvalue weighted by Gasteiger charge is -2.18. The number of hydrogen-bond donors (Lipinski definition) is 2. The van der Waals surface area contributed by atoms with Gasteiger partial charge in [0.25, 0.3) is 5.91 Å². The molecule has 2 aliphatic rings. The minimum Gasteiger partial charge on any atom is -0.486 e. The Morgan fingerprint density at radius 2 is 1.83 bits per heavy atom. The number of aromatic nitrogens is 3. The summed E-state index contributed by atoms with van der Waals surface area (Å²) in [5, 5.41) is 7.03. The molecule has 0 spiro atoms. The van der Waals surface area contributed by atoms with E-state index in [1.165, 1.54) is 30.8 Å². The fourth-order valence-electron chi connectivity index (χ4n) is 4.85. The lowest BCUT2D eigenvalue weighted by Crippen LogP contribution is -2.25. The Balaban J connectivity index is 1.40. The fourth-order valence-corrected chi connectivity index (χ4v) is 5.30. The van der Waals surface area contributed by atoms with Crippen LogP contribution in [0.15, 0.2) is 42.7 Å². The fraction of sp³-hybridized carbons (Fsp3) is 0.296. The lowest BCUT2D eigenvalue weighted by molar-refractivity contribution is 0.101. The minimum atomic E-state index is -0.451. The highest BCUT2D eigenvalue weighted by Crippen LogP contribution is 2.44. The average Bonchev–Trinajstić information content (AvgIpc) is 3.56. The molecule has 0 unspecified atom stereocenters. The summed E-state index contributed by atoms with van der Waals surface area (Å²) >= 11 is 12.6. The van der Waals surface area contributed by atoms with Crippen molar-refractivity contribution in [1.82, 2.24) is 14.5 Å². The number of carbonyl (C=O) groups excluding carboxylic acids is 1. The van der Waals surface area contributed by atoms with E-state index in [-0.39, 0.29) is 5.91 Å². The molecule has 0 saturated heterocycles. The second-order valence-electron chi connectivity index (χ2n) is 10.1. The number of fused-ring (bicyclic) bond motifs is 3. The first kappa shape index (κ1) is 23.1. The van der Waals surface area contributed by atoms with Crippen LogP contribution < -0.4 is 15.4 Å². The van der Waals surface area contributed by atoms with E-state index >= 15 is 0 Å². The van der Waals surface area contributed by atoms with E-state index in [0.717, 1.165) is 16.8 Å². The quantitative estimate of drug-likeness (QED) is 0.299. The lowest BCUT2D eigenvalue weighted by atomic mass is 9.98. The highest BCUT2D eigenvalue weighted by molar-refractivity contribution is 6.39. The van der Waals surface area contributed by atoms with Gasteiger partial charge in [-0.25, -0.2) is 4.98 Å². The van der Waals surface area contributed by atoms with Crippen molar-refractivity contribution < 1.29 is 9.53 Å². The first-order valence-corrected chi connectivity index (χ1v) is 12.6. The van der Waals surface area contributed by atoms with Gasteiger partial charge < -0.3 is 19.9 Å². The Bertz CT molecular complexity index is 1500. The standard InChI is InChI=1S/C27H25Cl2N5O2/c1-27(2)11-18-23-21(32-26(34(23)3)33-22-19(28)12-30-13-20(22)29)10-17(24(18)36-27)25(35)31-16-8-6-15(7-9-16)14-4-5-14/h6-10,12-14H,4-5,11H2,1-3H3,(H,31,35)(H,30,32,33). The number of halogens is 2. The Hall–Kier alpha value is -3.29. The number of pyridine rings is 1. The number of aryl methyl sites for hydroxylation is 1.